The van der Waals surface area contributed by atoms with Crippen molar-refractivity contribution < 1.29 is 19.1 Å². The van der Waals surface area contributed by atoms with Gasteiger partial charge in [-0.2, -0.15) is 0 Å². The van der Waals surface area contributed by atoms with E-state index in [9.17, 15) is 14.4 Å². The van der Waals surface area contributed by atoms with Gasteiger partial charge in [0.25, 0.3) is 0 Å². The molecule has 0 radical (unpaired) electrons. The van der Waals surface area contributed by atoms with Gasteiger partial charge in [-0.25, -0.2) is 4.79 Å². The third-order valence-corrected chi connectivity index (χ3v) is 2.84. The molecule has 2 heterocycles. The highest BCUT2D eigenvalue weighted by Crippen LogP contribution is 2.17. The number of carboxylic acid groups (broad SMARTS) is 1. The molecule has 0 saturated carbocycles. The number of pyridine rings is 1. The fraction of sp³-hybridized carbons (Fsp3) is 0.200. The lowest BCUT2D eigenvalue weighted by molar-refractivity contribution is -0.137. The van der Waals surface area contributed by atoms with Gasteiger partial charge in [0.1, 0.15) is 11.4 Å². The molecule has 1 amide bonds. The van der Waals surface area contributed by atoms with Crippen molar-refractivity contribution in [2.24, 2.45) is 0 Å². The molecule has 0 fully saturated rings. The van der Waals surface area contributed by atoms with E-state index in [4.69, 9.17) is 9.52 Å². The number of hydrogen-bond acceptors (Lipinski definition) is 5. The third-order valence-electron chi connectivity index (χ3n) is 2.84. The van der Waals surface area contributed by atoms with Crippen molar-refractivity contribution in [1.82, 2.24) is 4.98 Å². The van der Waals surface area contributed by atoms with Crippen LogP contribution in [-0.4, -0.2) is 22.0 Å². The summed E-state index contributed by atoms with van der Waals surface area (Å²) >= 11 is 0. The molecule has 0 saturated heterocycles. The van der Waals surface area contributed by atoms with Crippen molar-refractivity contribution in [3.05, 3.63) is 47.1 Å². The number of carboxylic acids is 1. The molecule has 0 aromatic carbocycles. The molecule has 2 rings (SSSR count). The van der Waals surface area contributed by atoms with Crippen LogP contribution in [0.25, 0.3) is 11.3 Å². The van der Waals surface area contributed by atoms with Gasteiger partial charge in [0.05, 0.1) is 0 Å². The Labute approximate surface area is 125 Å². The molecule has 0 aliphatic heterocycles. The van der Waals surface area contributed by atoms with Crippen LogP contribution in [0, 0.1) is 0 Å². The number of carbonyl (C=O) groups excluding carboxylic acids is 1. The Bertz CT molecular complexity index is 724. The Kier molecular flexibility index (Phi) is 5.02. The summed E-state index contributed by atoms with van der Waals surface area (Å²) in [6.07, 6.45) is 3.30. The Morgan fingerprint density at radius 1 is 1.23 bits per heavy atom. The first-order valence-corrected chi connectivity index (χ1v) is 6.62. The van der Waals surface area contributed by atoms with Gasteiger partial charge < -0.3 is 14.8 Å². The number of nitrogens with one attached hydrogen (secondary N) is 1. The minimum atomic E-state index is -0.965. The summed E-state index contributed by atoms with van der Waals surface area (Å²) in [7, 11) is 0. The number of amides is 1. The van der Waals surface area contributed by atoms with E-state index < -0.39 is 17.5 Å². The Morgan fingerprint density at radius 3 is 2.68 bits per heavy atom. The average Bonchev–Trinajstić information content (AvgIpc) is 2.50. The van der Waals surface area contributed by atoms with E-state index in [1.54, 1.807) is 30.6 Å². The highest BCUT2D eigenvalue weighted by molar-refractivity contribution is 5.90. The highest BCUT2D eigenvalue weighted by Gasteiger charge is 2.09. The standard InChI is InChI=1S/C15H14N2O5/c18-13(4-1-5-14(19)20)17-11-6-7-12(22-15(11)21)10-3-2-8-16-9-10/h2-3,6-9H,1,4-5H2,(H,17,18)(H,19,20). The lowest BCUT2D eigenvalue weighted by Gasteiger charge is -2.04. The van der Waals surface area contributed by atoms with Crippen LogP contribution in [0.4, 0.5) is 5.69 Å². The van der Waals surface area contributed by atoms with Gasteiger partial charge in [-0.3, -0.25) is 14.6 Å². The summed E-state index contributed by atoms with van der Waals surface area (Å²) in [5.74, 6) is -1.04. The molecule has 114 valence electrons. The predicted molar refractivity (Wildman–Crippen MR) is 78.3 cm³/mol. The zero-order valence-electron chi connectivity index (χ0n) is 11.6. The van der Waals surface area contributed by atoms with Crippen molar-refractivity contribution >= 4 is 17.6 Å². The van der Waals surface area contributed by atoms with E-state index in [2.05, 4.69) is 10.3 Å². The van der Waals surface area contributed by atoms with Crippen LogP contribution in [0.3, 0.4) is 0 Å². The smallest absolute Gasteiger partial charge is 0.360 e. The summed E-state index contributed by atoms with van der Waals surface area (Å²) in [5.41, 5.74) is -0.000150. The van der Waals surface area contributed by atoms with Gasteiger partial charge in [0.15, 0.2) is 0 Å². The molecule has 0 spiro atoms. The third kappa shape index (κ3) is 4.27. The van der Waals surface area contributed by atoms with Crippen LogP contribution in [-0.2, 0) is 9.59 Å². The second-order valence-electron chi connectivity index (χ2n) is 4.54. The van der Waals surface area contributed by atoms with Crippen LogP contribution in [0.5, 0.6) is 0 Å². The van der Waals surface area contributed by atoms with Crippen molar-refractivity contribution in [2.45, 2.75) is 19.3 Å². The molecule has 7 heteroatoms. The fourth-order valence-electron chi connectivity index (χ4n) is 1.79. The van der Waals surface area contributed by atoms with Crippen LogP contribution in [0.2, 0.25) is 0 Å². The van der Waals surface area contributed by atoms with E-state index in [-0.39, 0.29) is 24.9 Å². The first-order chi connectivity index (χ1) is 10.6. The topological polar surface area (TPSA) is 110 Å². The van der Waals surface area contributed by atoms with Gasteiger partial charge in [-0.1, -0.05) is 0 Å². The van der Waals surface area contributed by atoms with Crippen molar-refractivity contribution in [2.75, 3.05) is 5.32 Å². The van der Waals surface area contributed by atoms with Crippen LogP contribution in [0.15, 0.2) is 45.9 Å². The maximum atomic E-state index is 11.8. The van der Waals surface area contributed by atoms with Crippen LogP contribution in [0.1, 0.15) is 19.3 Å². The van der Waals surface area contributed by atoms with Gasteiger partial charge in [-0.05, 0) is 30.7 Å². The summed E-state index contributed by atoms with van der Waals surface area (Å²) in [6.45, 7) is 0. The number of aromatic nitrogens is 1. The van der Waals surface area contributed by atoms with Gasteiger partial charge in [0, 0.05) is 30.8 Å². The molecule has 2 N–H and O–H groups in total. The number of anilines is 1. The van der Waals surface area contributed by atoms with E-state index in [1.807, 2.05) is 0 Å². The van der Waals surface area contributed by atoms with Crippen molar-refractivity contribution in [1.29, 1.82) is 0 Å². The van der Waals surface area contributed by atoms with E-state index in [0.29, 0.717) is 11.3 Å². The monoisotopic (exact) mass is 302 g/mol. The van der Waals surface area contributed by atoms with Crippen molar-refractivity contribution in [3.63, 3.8) is 0 Å². The van der Waals surface area contributed by atoms with Gasteiger partial charge >= 0.3 is 11.6 Å². The molecule has 0 unspecified atom stereocenters. The molecule has 2 aromatic heterocycles. The summed E-state index contributed by atoms with van der Waals surface area (Å²) in [6, 6.07) is 6.47. The zero-order chi connectivity index (χ0) is 15.9. The number of hydrogen-bond donors (Lipinski definition) is 2. The lowest BCUT2D eigenvalue weighted by Crippen LogP contribution is -2.17. The average molecular weight is 302 g/mol. The maximum Gasteiger partial charge on any atom is 0.360 e. The van der Waals surface area contributed by atoms with E-state index >= 15 is 0 Å². The molecule has 0 aliphatic carbocycles. The largest absolute Gasteiger partial charge is 0.481 e. The fourth-order valence-corrected chi connectivity index (χ4v) is 1.79. The maximum absolute atomic E-state index is 11.8. The Morgan fingerprint density at radius 2 is 2.05 bits per heavy atom. The van der Waals surface area contributed by atoms with Gasteiger partial charge in [-0.15, -0.1) is 0 Å². The van der Waals surface area contributed by atoms with Crippen molar-refractivity contribution in [3.8, 4) is 11.3 Å². The molecule has 22 heavy (non-hydrogen) atoms. The van der Waals surface area contributed by atoms with Gasteiger partial charge in [0.2, 0.25) is 5.91 Å². The zero-order valence-corrected chi connectivity index (χ0v) is 11.6. The van der Waals surface area contributed by atoms with Crippen LogP contribution < -0.4 is 10.9 Å². The molecular formula is C15H14N2O5. The number of carbonyl (C=O) groups is 2. The minimum absolute atomic E-state index is 0.0213. The molecule has 2 aromatic rings. The van der Waals surface area contributed by atoms with E-state index in [1.165, 1.54) is 6.07 Å². The minimum Gasteiger partial charge on any atom is -0.481 e. The molecular weight excluding hydrogens is 288 g/mol. The number of rotatable bonds is 6. The molecule has 0 bridgehead atoms. The second kappa shape index (κ2) is 7.16. The quantitative estimate of drug-likeness (QED) is 0.843. The Balaban J connectivity index is 2.03. The number of aliphatic carboxylic acids is 1. The molecule has 0 atom stereocenters. The lowest BCUT2D eigenvalue weighted by atomic mass is 10.2. The second-order valence-corrected chi connectivity index (χ2v) is 4.54. The normalized spacial score (nSPS) is 10.2. The molecule has 7 nitrogen and oxygen atoms in total. The number of nitrogens with zero attached hydrogens (tertiary/aromatic N) is 1. The predicted octanol–water partition coefficient (Wildman–Crippen LogP) is 1.90. The SMILES string of the molecule is O=C(O)CCCC(=O)Nc1ccc(-c2cccnc2)oc1=O. The first-order valence-electron chi connectivity index (χ1n) is 6.62. The summed E-state index contributed by atoms with van der Waals surface area (Å²) in [4.78, 5) is 37.7. The highest BCUT2D eigenvalue weighted by atomic mass is 16.4. The van der Waals surface area contributed by atoms with Crippen LogP contribution >= 0.6 is 0 Å². The first kappa shape index (κ1) is 15.4. The molecule has 0 aliphatic rings. The van der Waals surface area contributed by atoms with E-state index in [0.717, 1.165) is 0 Å². The Hall–Kier alpha value is -2.96. The summed E-state index contributed by atoms with van der Waals surface area (Å²) in [5, 5.41) is 10.9. The summed E-state index contributed by atoms with van der Waals surface area (Å²) < 4.78 is 5.13.